The SMILES string of the molecule is COc1ccc(C(=O)NNC(=S)Nc2ccccc2F)cc1Br. The number of carbonyl (C=O) groups is 1. The highest BCUT2D eigenvalue weighted by atomic mass is 79.9. The second-order valence-electron chi connectivity index (χ2n) is 4.36. The molecule has 0 aliphatic carbocycles. The summed E-state index contributed by atoms with van der Waals surface area (Å²) in [4.78, 5) is 12.0. The van der Waals surface area contributed by atoms with Crippen LogP contribution >= 0.6 is 28.1 Å². The summed E-state index contributed by atoms with van der Waals surface area (Å²) in [6.07, 6.45) is 0. The highest BCUT2D eigenvalue weighted by Crippen LogP contribution is 2.25. The first-order chi connectivity index (χ1) is 11.0. The van der Waals surface area contributed by atoms with Crippen LogP contribution in [0.25, 0.3) is 0 Å². The van der Waals surface area contributed by atoms with Crippen LogP contribution in [0.3, 0.4) is 0 Å². The molecule has 2 rings (SSSR count). The maximum atomic E-state index is 13.5. The fraction of sp³-hybridized carbons (Fsp3) is 0.0667. The van der Waals surface area contributed by atoms with Crippen LogP contribution in [0.5, 0.6) is 5.75 Å². The van der Waals surface area contributed by atoms with E-state index in [4.69, 9.17) is 17.0 Å². The van der Waals surface area contributed by atoms with E-state index in [1.807, 2.05) is 0 Å². The van der Waals surface area contributed by atoms with E-state index in [-0.39, 0.29) is 10.8 Å². The second kappa shape index (κ2) is 7.89. The lowest BCUT2D eigenvalue weighted by atomic mass is 10.2. The van der Waals surface area contributed by atoms with Crippen LogP contribution in [0.1, 0.15) is 10.4 Å². The predicted octanol–water partition coefficient (Wildman–Crippen LogP) is 3.23. The molecule has 5 nitrogen and oxygen atoms in total. The van der Waals surface area contributed by atoms with Crippen LogP contribution in [-0.4, -0.2) is 18.1 Å². The number of para-hydroxylation sites is 1. The summed E-state index contributed by atoms with van der Waals surface area (Å²) in [6, 6.07) is 11.0. The van der Waals surface area contributed by atoms with Crippen molar-refractivity contribution in [1.82, 2.24) is 10.9 Å². The lowest BCUT2D eigenvalue weighted by Gasteiger charge is -2.12. The molecule has 0 aliphatic rings. The first-order valence-electron chi connectivity index (χ1n) is 6.46. The highest BCUT2D eigenvalue weighted by Gasteiger charge is 2.09. The number of amides is 1. The molecule has 0 saturated heterocycles. The van der Waals surface area contributed by atoms with Crippen LogP contribution in [0, 0.1) is 5.82 Å². The maximum absolute atomic E-state index is 13.5. The van der Waals surface area contributed by atoms with E-state index in [2.05, 4.69) is 32.1 Å². The van der Waals surface area contributed by atoms with E-state index in [9.17, 15) is 9.18 Å². The van der Waals surface area contributed by atoms with Gasteiger partial charge in [-0.15, -0.1) is 0 Å². The first-order valence-corrected chi connectivity index (χ1v) is 7.67. The van der Waals surface area contributed by atoms with E-state index in [0.29, 0.717) is 15.8 Å². The number of rotatable bonds is 3. The topological polar surface area (TPSA) is 62.4 Å². The molecule has 0 atom stereocenters. The van der Waals surface area contributed by atoms with Crippen molar-refractivity contribution in [3.63, 3.8) is 0 Å². The third-order valence-corrected chi connectivity index (χ3v) is 3.65. The van der Waals surface area contributed by atoms with Crippen molar-refractivity contribution in [2.45, 2.75) is 0 Å². The van der Waals surface area contributed by atoms with Gasteiger partial charge in [-0.1, -0.05) is 12.1 Å². The second-order valence-corrected chi connectivity index (χ2v) is 5.63. The van der Waals surface area contributed by atoms with Gasteiger partial charge in [-0.25, -0.2) is 4.39 Å². The van der Waals surface area contributed by atoms with Gasteiger partial charge >= 0.3 is 0 Å². The van der Waals surface area contributed by atoms with Crippen LogP contribution in [0.15, 0.2) is 46.9 Å². The Balaban J connectivity index is 1.92. The predicted molar refractivity (Wildman–Crippen MR) is 93.9 cm³/mol. The molecule has 0 spiro atoms. The van der Waals surface area contributed by atoms with Gasteiger partial charge in [0.2, 0.25) is 0 Å². The summed E-state index contributed by atoms with van der Waals surface area (Å²) < 4.78 is 19.2. The zero-order chi connectivity index (χ0) is 16.8. The number of ether oxygens (including phenoxy) is 1. The lowest BCUT2D eigenvalue weighted by molar-refractivity contribution is 0.0944. The molecule has 0 bridgehead atoms. The Kier molecular flexibility index (Phi) is 5.89. The lowest BCUT2D eigenvalue weighted by Crippen LogP contribution is -2.43. The van der Waals surface area contributed by atoms with Crippen LogP contribution < -0.4 is 20.9 Å². The van der Waals surface area contributed by atoms with Gasteiger partial charge in [-0.3, -0.25) is 15.6 Å². The fourth-order valence-electron chi connectivity index (χ4n) is 1.71. The molecular formula is C15H13BrFN3O2S. The van der Waals surface area contributed by atoms with Crippen LogP contribution in [0.4, 0.5) is 10.1 Å². The monoisotopic (exact) mass is 397 g/mol. The molecule has 0 aliphatic heterocycles. The third kappa shape index (κ3) is 4.64. The summed E-state index contributed by atoms with van der Waals surface area (Å²) in [6.45, 7) is 0. The van der Waals surface area contributed by atoms with Crippen LogP contribution in [-0.2, 0) is 0 Å². The average molecular weight is 398 g/mol. The van der Waals surface area contributed by atoms with Crippen molar-refractivity contribution in [2.75, 3.05) is 12.4 Å². The molecular weight excluding hydrogens is 385 g/mol. The number of hydrogen-bond donors (Lipinski definition) is 3. The third-order valence-electron chi connectivity index (χ3n) is 2.83. The Morgan fingerprint density at radius 1 is 1.22 bits per heavy atom. The van der Waals surface area contributed by atoms with Crippen molar-refractivity contribution < 1.29 is 13.9 Å². The summed E-state index contributed by atoms with van der Waals surface area (Å²) >= 11 is 8.30. The van der Waals surface area contributed by atoms with Crippen molar-refractivity contribution in [2.24, 2.45) is 0 Å². The number of methoxy groups -OCH3 is 1. The number of benzene rings is 2. The van der Waals surface area contributed by atoms with Crippen molar-refractivity contribution in [3.8, 4) is 5.75 Å². The van der Waals surface area contributed by atoms with E-state index >= 15 is 0 Å². The number of thiocarbonyl (C=S) groups is 1. The average Bonchev–Trinajstić information content (AvgIpc) is 2.54. The van der Waals surface area contributed by atoms with Crippen molar-refractivity contribution >= 4 is 44.9 Å². The van der Waals surface area contributed by atoms with Gasteiger partial charge in [0.1, 0.15) is 11.6 Å². The fourth-order valence-corrected chi connectivity index (χ4v) is 2.41. The zero-order valence-electron chi connectivity index (χ0n) is 12.0. The Morgan fingerprint density at radius 3 is 2.61 bits per heavy atom. The zero-order valence-corrected chi connectivity index (χ0v) is 14.4. The Labute approximate surface area is 146 Å². The van der Waals surface area contributed by atoms with Gasteiger partial charge in [0, 0.05) is 5.56 Å². The van der Waals surface area contributed by atoms with Gasteiger partial charge in [0.05, 0.1) is 17.3 Å². The number of hydrazine groups is 1. The van der Waals surface area contributed by atoms with E-state index in [1.165, 1.54) is 19.2 Å². The summed E-state index contributed by atoms with van der Waals surface area (Å²) in [5.74, 6) is -0.223. The first kappa shape index (κ1) is 17.2. The number of anilines is 1. The molecule has 3 N–H and O–H groups in total. The molecule has 1 amide bonds. The molecule has 0 fully saturated rings. The maximum Gasteiger partial charge on any atom is 0.269 e. The Morgan fingerprint density at radius 2 is 1.96 bits per heavy atom. The minimum Gasteiger partial charge on any atom is -0.496 e. The molecule has 0 unspecified atom stereocenters. The number of hydrogen-bond acceptors (Lipinski definition) is 3. The molecule has 2 aromatic carbocycles. The van der Waals surface area contributed by atoms with E-state index in [0.717, 1.165) is 0 Å². The molecule has 0 heterocycles. The molecule has 0 aromatic heterocycles. The number of nitrogens with one attached hydrogen (secondary N) is 3. The summed E-state index contributed by atoms with van der Waals surface area (Å²) in [7, 11) is 1.54. The van der Waals surface area contributed by atoms with Crippen LogP contribution in [0.2, 0.25) is 0 Å². The normalized spacial score (nSPS) is 9.87. The van der Waals surface area contributed by atoms with Crippen molar-refractivity contribution in [1.29, 1.82) is 0 Å². The minimum absolute atomic E-state index is 0.0658. The summed E-state index contributed by atoms with van der Waals surface area (Å²) in [5, 5.41) is 2.71. The molecule has 2 aromatic rings. The largest absolute Gasteiger partial charge is 0.496 e. The molecule has 0 saturated carbocycles. The van der Waals surface area contributed by atoms with Gasteiger partial charge in [-0.2, -0.15) is 0 Å². The molecule has 0 radical (unpaired) electrons. The number of halogens is 2. The van der Waals surface area contributed by atoms with Crippen molar-refractivity contribution in [3.05, 3.63) is 58.3 Å². The molecule has 23 heavy (non-hydrogen) atoms. The quantitative estimate of drug-likeness (QED) is 0.548. The standard InChI is InChI=1S/C15H13BrFN3O2S/c1-22-13-7-6-9(8-10(13)16)14(21)19-20-15(23)18-12-5-3-2-4-11(12)17/h2-8H,1H3,(H,19,21)(H2,18,20,23). The smallest absolute Gasteiger partial charge is 0.269 e. The van der Waals surface area contributed by atoms with E-state index in [1.54, 1.807) is 30.3 Å². The molecule has 8 heteroatoms. The Bertz CT molecular complexity index is 742. The highest BCUT2D eigenvalue weighted by molar-refractivity contribution is 9.10. The van der Waals surface area contributed by atoms with Gasteiger partial charge in [0.25, 0.3) is 5.91 Å². The van der Waals surface area contributed by atoms with Gasteiger partial charge in [-0.05, 0) is 58.5 Å². The van der Waals surface area contributed by atoms with E-state index < -0.39 is 11.7 Å². The number of carbonyl (C=O) groups excluding carboxylic acids is 1. The molecule has 120 valence electrons. The van der Waals surface area contributed by atoms with Gasteiger partial charge in [0.15, 0.2) is 5.11 Å². The summed E-state index contributed by atoms with van der Waals surface area (Å²) in [5.41, 5.74) is 5.55. The Hall–Kier alpha value is -2.19. The van der Waals surface area contributed by atoms with Gasteiger partial charge < -0.3 is 10.1 Å². The minimum atomic E-state index is -0.443.